The van der Waals surface area contributed by atoms with Gasteiger partial charge in [0.05, 0.1) is 6.54 Å². The molecule has 0 saturated carbocycles. The first-order valence-electron chi connectivity index (χ1n) is 7.16. The first kappa shape index (κ1) is 13.2. The summed E-state index contributed by atoms with van der Waals surface area (Å²) in [6.07, 6.45) is 4.04. The van der Waals surface area contributed by atoms with Gasteiger partial charge in [0.2, 0.25) is 0 Å². The third-order valence-electron chi connectivity index (χ3n) is 3.89. The Labute approximate surface area is 133 Å². The molecule has 0 aliphatic heterocycles. The number of imidazole rings is 2. The Balaban J connectivity index is 1.99. The number of halogens is 1. The minimum atomic E-state index is 0.745. The highest BCUT2D eigenvalue weighted by Gasteiger charge is 2.20. The van der Waals surface area contributed by atoms with Gasteiger partial charge < -0.3 is 0 Å². The number of benzene rings is 2. The second kappa shape index (κ2) is 5.04. The monoisotopic (exact) mass is 308 g/mol. The molecule has 0 radical (unpaired) electrons. The Morgan fingerprint density at radius 1 is 1.14 bits per heavy atom. The number of hydrogen-bond donors (Lipinski definition) is 1. The molecule has 3 nitrogen and oxygen atoms in total. The number of allylic oxidation sites excluding steroid dienone is 1. The minimum Gasteiger partial charge on any atom is -0.241 e. The molecular weight excluding hydrogens is 294 g/mol. The van der Waals surface area contributed by atoms with Crippen LogP contribution in [0.5, 0.6) is 0 Å². The van der Waals surface area contributed by atoms with Gasteiger partial charge in [-0.15, -0.1) is 0 Å². The van der Waals surface area contributed by atoms with Gasteiger partial charge in [-0.3, -0.25) is 0 Å². The molecule has 108 valence electrons. The highest BCUT2D eigenvalue weighted by molar-refractivity contribution is 6.30. The molecule has 0 saturated heterocycles. The van der Waals surface area contributed by atoms with Gasteiger partial charge in [0.15, 0.2) is 0 Å². The van der Waals surface area contributed by atoms with E-state index in [1.165, 1.54) is 11.0 Å². The molecule has 4 aromatic rings. The summed E-state index contributed by atoms with van der Waals surface area (Å²) in [5, 5.41) is 0.745. The predicted octanol–water partition coefficient (Wildman–Crippen LogP) is 4.21. The van der Waals surface area contributed by atoms with Gasteiger partial charge in [-0.2, -0.15) is 4.40 Å². The Hall–Kier alpha value is -2.52. The fourth-order valence-electron chi connectivity index (χ4n) is 2.88. The van der Waals surface area contributed by atoms with Crippen LogP contribution in [0.25, 0.3) is 28.1 Å². The van der Waals surface area contributed by atoms with Crippen molar-refractivity contribution in [2.75, 3.05) is 0 Å². The predicted molar refractivity (Wildman–Crippen MR) is 90.1 cm³/mol. The van der Waals surface area contributed by atoms with Crippen LogP contribution in [0, 0.1) is 0 Å². The van der Waals surface area contributed by atoms with Crippen molar-refractivity contribution in [1.82, 2.24) is 9.38 Å². The van der Waals surface area contributed by atoms with Crippen molar-refractivity contribution in [2.24, 2.45) is 0 Å². The number of aromatic nitrogens is 3. The third kappa shape index (κ3) is 1.94. The van der Waals surface area contributed by atoms with Gasteiger partial charge in [-0.1, -0.05) is 36.4 Å². The van der Waals surface area contributed by atoms with Crippen LogP contribution in [-0.4, -0.2) is 9.38 Å². The molecule has 2 heterocycles. The molecule has 0 unspecified atom stereocenters. The van der Waals surface area contributed by atoms with Crippen LogP contribution < -0.4 is 4.57 Å². The minimum absolute atomic E-state index is 0.745. The van der Waals surface area contributed by atoms with Crippen LogP contribution in [0.4, 0.5) is 0 Å². The second-order valence-electron chi connectivity index (χ2n) is 5.26. The number of hydrogen-bond acceptors (Lipinski definition) is 0. The lowest BCUT2D eigenvalue weighted by Gasteiger charge is -1.96. The number of H-pyrrole nitrogens is 1. The van der Waals surface area contributed by atoms with E-state index in [9.17, 15) is 0 Å². The van der Waals surface area contributed by atoms with Crippen molar-refractivity contribution in [2.45, 2.75) is 6.54 Å². The lowest BCUT2D eigenvalue weighted by atomic mass is 10.2. The van der Waals surface area contributed by atoms with Gasteiger partial charge >= 0.3 is 5.78 Å². The maximum absolute atomic E-state index is 5.97. The summed E-state index contributed by atoms with van der Waals surface area (Å²) in [7, 11) is 0. The molecule has 0 fully saturated rings. The summed E-state index contributed by atoms with van der Waals surface area (Å²) in [6.45, 7) is 4.63. The normalized spacial score (nSPS) is 11.3. The number of fused-ring (bicyclic) bond motifs is 3. The zero-order valence-corrected chi connectivity index (χ0v) is 12.7. The number of nitrogens with one attached hydrogen (secondary N) is 1. The lowest BCUT2D eigenvalue weighted by molar-refractivity contribution is -0.636. The fraction of sp³-hybridized carbons (Fsp3) is 0.0556. The largest absolute Gasteiger partial charge is 0.368 e. The van der Waals surface area contributed by atoms with E-state index in [-0.39, 0.29) is 0 Å². The van der Waals surface area contributed by atoms with E-state index in [2.05, 4.69) is 51.0 Å². The molecule has 1 N–H and O–H groups in total. The summed E-state index contributed by atoms with van der Waals surface area (Å²) in [5.74, 6) is 1.05. The van der Waals surface area contributed by atoms with E-state index in [1.54, 1.807) is 0 Å². The van der Waals surface area contributed by atoms with Crippen LogP contribution in [0.3, 0.4) is 0 Å². The smallest absolute Gasteiger partial charge is 0.241 e. The van der Waals surface area contributed by atoms with Crippen molar-refractivity contribution in [3.05, 3.63) is 72.4 Å². The van der Waals surface area contributed by atoms with E-state index in [4.69, 9.17) is 11.6 Å². The van der Waals surface area contributed by atoms with Crippen molar-refractivity contribution in [3.63, 3.8) is 0 Å². The molecule has 4 rings (SSSR count). The standard InChI is InChI=1S/C18H14ClN3/c1-2-11-21-16-5-3-4-6-17(16)22-12-15(20-18(21)22)13-7-9-14(19)10-8-13/h2-10,12H,1,11H2/p+1. The van der Waals surface area contributed by atoms with Crippen LogP contribution in [-0.2, 0) is 6.54 Å². The zero-order valence-electron chi connectivity index (χ0n) is 12.0. The van der Waals surface area contributed by atoms with Gasteiger partial charge in [0, 0.05) is 10.6 Å². The molecule has 2 aromatic carbocycles. The SMILES string of the molecule is C=CC[n+]1c2ccccc2n2cc(-c3ccc(Cl)cc3)[nH]c21. The Morgan fingerprint density at radius 3 is 2.68 bits per heavy atom. The summed E-state index contributed by atoms with van der Waals surface area (Å²) in [5.41, 5.74) is 4.55. The second-order valence-corrected chi connectivity index (χ2v) is 5.69. The molecule has 0 bridgehead atoms. The van der Waals surface area contributed by atoms with Crippen LogP contribution in [0.15, 0.2) is 67.4 Å². The topological polar surface area (TPSA) is 24.1 Å². The first-order valence-corrected chi connectivity index (χ1v) is 7.54. The zero-order chi connectivity index (χ0) is 15.1. The fourth-order valence-corrected chi connectivity index (χ4v) is 3.01. The van der Waals surface area contributed by atoms with Crippen molar-refractivity contribution in [1.29, 1.82) is 0 Å². The van der Waals surface area contributed by atoms with Gasteiger partial charge in [0.25, 0.3) is 0 Å². The highest BCUT2D eigenvalue weighted by Crippen LogP contribution is 2.23. The van der Waals surface area contributed by atoms with Crippen molar-refractivity contribution < 1.29 is 4.57 Å². The molecule has 2 aromatic heterocycles. The molecule has 22 heavy (non-hydrogen) atoms. The van der Waals surface area contributed by atoms with Gasteiger partial charge in [-0.05, 0) is 36.4 Å². The maximum atomic E-state index is 5.97. The summed E-state index contributed by atoms with van der Waals surface area (Å²) in [6, 6.07) is 16.2. The van der Waals surface area contributed by atoms with E-state index in [0.717, 1.165) is 28.6 Å². The first-order chi connectivity index (χ1) is 10.8. The summed E-state index contributed by atoms with van der Waals surface area (Å²) < 4.78 is 4.41. The molecule has 4 heteroatoms. The van der Waals surface area contributed by atoms with Crippen LogP contribution >= 0.6 is 11.6 Å². The average Bonchev–Trinajstić information content (AvgIpc) is 3.08. The number of rotatable bonds is 3. The summed E-state index contributed by atoms with van der Waals surface area (Å²) >= 11 is 5.97. The highest BCUT2D eigenvalue weighted by atomic mass is 35.5. The Bertz CT molecular complexity index is 977. The van der Waals surface area contributed by atoms with E-state index in [1.807, 2.05) is 30.3 Å². The number of aromatic amines is 1. The molecule has 0 aliphatic rings. The lowest BCUT2D eigenvalue weighted by Crippen LogP contribution is -2.32. The van der Waals surface area contributed by atoms with E-state index >= 15 is 0 Å². The number of nitrogens with zero attached hydrogens (tertiary/aromatic N) is 2. The van der Waals surface area contributed by atoms with Crippen molar-refractivity contribution in [3.8, 4) is 11.3 Å². The molecule has 0 spiro atoms. The molecular formula is C18H15ClN3+. The van der Waals surface area contributed by atoms with E-state index < -0.39 is 0 Å². The average molecular weight is 309 g/mol. The Kier molecular flexibility index (Phi) is 3.01. The van der Waals surface area contributed by atoms with Crippen molar-refractivity contribution >= 4 is 28.4 Å². The molecule has 0 amide bonds. The van der Waals surface area contributed by atoms with E-state index in [0.29, 0.717) is 0 Å². The maximum Gasteiger partial charge on any atom is 0.368 e. The third-order valence-corrected chi connectivity index (χ3v) is 4.14. The quantitative estimate of drug-likeness (QED) is 0.433. The van der Waals surface area contributed by atoms with Gasteiger partial charge in [0.1, 0.15) is 22.9 Å². The number of para-hydroxylation sites is 2. The van der Waals surface area contributed by atoms with Crippen LogP contribution in [0.2, 0.25) is 5.02 Å². The van der Waals surface area contributed by atoms with Gasteiger partial charge in [-0.25, -0.2) is 9.55 Å². The summed E-state index contributed by atoms with van der Waals surface area (Å²) in [4.78, 5) is 3.51. The molecule has 0 atom stereocenters. The van der Waals surface area contributed by atoms with Crippen LogP contribution in [0.1, 0.15) is 0 Å². The molecule has 0 aliphatic carbocycles. The Morgan fingerprint density at radius 2 is 1.91 bits per heavy atom.